The van der Waals surface area contributed by atoms with E-state index >= 15 is 0 Å². The maximum absolute atomic E-state index is 12.1. The van der Waals surface area contributed by atoms with Crippen molar-refractivity contribution in [3.05, 3.63) is 28.2 Å². The molecule has 122 valence electrons. The van der Waals surface area contributed by atoms with Crippen LogP contribution in [0.3, 0.4) is 0 Å². The molecule has 6 heteroatoms. The van der Waals surface area contributed by atoms with Gasteiger partial charge in [-0.15, -0.1) is 0 Å². The molecule has 1 saturated heterocycles. The minimum atomic E-state index is 0.0495. The molecule has 2 amide bonds. The summed E-state index contributed by atoms with van der Waals surface area (Å²) >= 11 is 3.53. The lowest BCUT2D eigenvalue weighted by atomic mass is 10.2. The summed E-state index contributed by atoms with van der Waals surface area (Å²) < 4.78 is 1.13. The Morgan fingerprint density at radius 1 is 1.27 bits per heavy atom. The molecule has 1 heterocycles. The van der Waals surface area contributed by atoms with E-state index in [1.165, 1.54) is 11.3 Å². The molecule has 0 radical (unpaired) electrons. The summed E-state index contributed by atoms with van der Waals surface area (Å²) in [6.07, 6.45) is 0. The van der Waals surface area contributed by atoms with Gasteiger partial charge in [-0.2, -0.15) is 0 Å². The molecular formula is C16H25BrN4O. The van der Waals surface area contributed by atoms with Gasteiger partial charge in [-0.1, -0.05) is 15.9 Å². The van der Waals surface area contributed by atoms with Gasteiger partial charge in [0.15, 0.2) is 0 Å². The van der Waals surface area contributed by atoms with Gasteiger partial charge in [0.25, 0.3) is 0 Å². The molecule has 2 rings (SSSR count). The number of benzene rings is 1. The van der Waals surface area contributed by atoms with Crippen molar-refractivity contribution in [2.24, 2.45) is 0 Å². The highest BCUT2D eigenvalue weighted by atomic mass is 79.9. The molecule has 1 aliphatic heterocycles. The molecule has 1 fully saturated rings. The van der Waals surface area contributed by atoms with Crippen LogP contribution in [0.4, 0.5) is 10.5 Å². The smallest absolute Gasteiger partial charge is 0.317 e. The highest BCUT2D eigenvalue weighted by molar-refractivity contribution is 9.10. The van der Waals surface area contributed by atoms with Gasteiger partial charge in [0.2, 0.25) is 0 Å². The van der Waals surface area contributed by atoms with E-state index < -0.39 is 0 Å². The van der Waals surface area contributed by atoms with E-state index in [1.54, 1.807) is 0 Å². The maximum atomic E-state index is 12.1. The Bertz CT molecular complexity index is 513. The van der Waals surface area contributed by atoms with Crippen LogP contribution >= 0.6 is 15.9 Å². The number of likely N-dealkylation sites (N-methyl/N-ethyl adjacent to an activating group) is 1. The van der Waals surface area contributed by atoms with E-state index in [1.807, 2.05) is 19.0 Å². The third-order valence-corrected chi connectivity index (χ3v) is 4.80. The molecule has 22 heavy (non-hydrogen) atoms. The molecule has 1 aromatic rings. The zero-order valence-corrected chi connectivity index (χ0v) is 15.2. The highest BCUT2D eigenvalue weighted by Crippen LogP contribution is 2.23. The molecule has 1 aromatic carbocycles. The number of aryl methyl sites for hydroxylation is 1. The Morgan fingerprint density at radius 3 is 2.55 bits per heavy atom. The van der Waals surface area contributed by atoms with Gasteiger partial charge in [0.05, 0.1) is 0 Å². The molecular weight excluding hydrogens is 344 g/mol. The number of halogens is 1. The predicted octanol–water partition coefficient (Wildman–Crippen LogP) is 2.15. The molecule has 0 aromatic heterocycles. The minimum Gasteiger partial charge on any atom is -0.368 e. The lowest BCUT2D eigenvalue weighted by Gasteiger charge is -2.36. The first kappa shape index (κ1) is 17.1. The van der Waals surface area contributed by atoms with Crippen LogP contribution in [-0.4, -0.2) is 69.2 Å². The molecule has 0 aliphatic carbocycles. The second-order valence-electron chi connectivity index (χ2n) is 5.94. The Labute approximate surface area is 141 Å². The maximum Gasteiger partial charge on any atom is 0.317 e. The summed E-state index contributed by atoms with van der Waals surface area (Å²) in [5.41, 5.74) is 2.47. The van der Waals surface area contributed by atoms with Crippen molar-refractivity contribution in [3.8, 4) is 0 Å². The van der Waals surface area contributed by atoms with Crippen LogP contribution < -0.4 is 10.2 Å². The number of rotatable bonds is 4. The van der Waals surface area contributed by atoms with Crippen molar-refractivity contribution in [2.45, 2.75) is 6.92 Å². The number of nitrogens with one attached hydrogen (secondary N) is 1. The first-order chi connectivity index (χ1) is 10.5. The van der Waals surface area contributed by atoms with Crippen molar-refractivity contribution in [2.75, 3.05) is 58.3 Å². The van der Waals surface area contributed by atoms with Crippen LogP contribution in [0.2, 0.25) is 0 Å². The molecule has 1 aliphatic rings. The third kappa shape index (κ3) is 4.61. The van der Waals surface area contributed by atoms with E-state index in [0.717, 1.165) is 37.2 Å². The number of piperazine rings is 1. The lowest BCUT2D eigenvalue weighted by molar-refractivity contribution is 0.193. The predicted molar refractivity (Wildman–Crippen MR) is 94.6 cm³/mol. The monoisotopic (exact) mass is 368 g/mol. The molecule has 1 N–H and O–H groups in total. The van der Waals surface area contributed by atoms with E-state index in [9.17, 15) is 4.79 Å². The Morgan fingerprint density at radius 2 is 1.95 bits per heavy atom. The highest BCUT2D eigenvalue weighted by Gasteiger charge is 2.21. The molecule has 0 spiro atoms. The standard InChI is InChI=1S/C16H25BrN4O/c1-13-12-14(4-5-15(13)17)20-8-10-21(11-9-20)16(22)18-6-7-19(2)3/h4-5,12H,6-11H2,1-3H3,(H,18,22). The fraction of sp³-hybridized carbons (Fsp3) is 0.562. The van der Waals surface area contributed by atoms with Crippen LogP contribution in [0.25, 0.3) is 0 Å². The summed E-state index contributed by atoms with van der Waals surface area (Å²) in [4.78, 5) is 18.4. The lowest BCUT2D eigenvalue weighted by Crippen LogP contribution is -2.52. The first-order valence-electron chi connectivity index (χ1n) is 7.66. The third-order valence-electron chi connectivity index (χ3n) is 3.91. The second kappa shape index (κ2) is 7.83. The fourth-order valence-electron chi connectivity index (χ4n) is 2.49. The van der Waals surface area contributed by atoms with E-state index in [2.05, 4.69) is 56.2 Å². The summed E-state index contributed by atoms with van der Waals surface area (Å²) in [6.45, 7) is 6.94. The number of hydrogen-bond donors (Lipinski definition) is 1. The number of urea groups is 1. The number of anilines is 1. The minimum absolute atomic E-state index is 0.0495. The zero-order chi connectivity index (χ0) is 16.1. The quantitative estimate of drug-likeness (QED) is 0.884. The van der Waals surface area contributed by atoms with Gasteiger partial charge in [-0.3, -0.25) is 0 Å². The van der Waals surface area contributed by atoms with Crippen LogP contribution in [0, 0.1) is 6.92 Å². The zero-order valence-electron chi connectivity index (χ0n) is 13.6. The van der Waals surface area contributed by atoms with Crippen LogP contribution in [-0.2, 0) is 0 Å². The molecule has 0 bridgehead atoms. The second-order valence-corrected chi connectivity index (χ2v) is 6.80. The van der Waals surface area contributed by atoms with Gasteiger partial charge in [0, 0.05) is 49.4 Å². The van der Waals surface area contributed by atoms with Crippen molar-refractivity contribution in [1.82, 2.24) is 15.1 Å². The van der Waals surface area contributed by atoms with Gasteiger partial charge in [-0.25, -0.2) is 4.79 Å². The topological polar surface area (TPSA) is 38.8 Å². The van der Waals surface area contributed by atoms with Crippen molar-refractivity contribution in [1.29, 1.82) is 0 Å². The number of carbonyl (C=O) groups excluding carboxylic acids is 1. The number of carbonyl (C=O) groups is 1. The van der Waals surface area contributed by atoms with Crippen molar-refractivity contribution >= 4 is 27.6 Å². The van der Waals surface area contributed by atoms with E-state index in [-0.39, 0.29) is 6.03 Å². The average Bonchev–Trinajstić information content (AvgIpc) is 2.50. The molecule has 0 unspecified atom stereocenters. The molecule has 0 saturated carbocycles. The Balaban J connectivity index is 1.82. The number of nitrogens with zero attached hydrogens (tertiary/aromatic N) is 3. The largest absolute Gasteiger partial charge is 0.368 e. The molecule has 0 atom stereocenters. The van der Waals surface area contributed by atoms with Crippen molar-refractivity contribution < 1.29 is 4.79 Å². The average molecular weight is 369 g/mol. The normalized spacial score (nSPS) is 15.3. The van der Waals surface area contributed by atoms with Gasteiger partial charge >= 0.3 is 6.03 Å². The summed E-state index contributed by atoms with van der Waals surface area (Å²) in [6, 6.07) is 6.46. The summed E-state index contributed by atoms with van der Waals surface area (Å²) in [7, 11) is 4.01. The summed E-state index contributed by atoms with van der Waals surface area (Å²) in [5, 5.41) is 2.98. The molecule has 5 nitrogen and oxygen atoms in total. The fourth-order valence-corrected chi connectivity index (χ4v) is 2.74. The van der Waals surface area contributed by atoms with Crippen LogP contribution in [0.1, 0.15) is 5.56 Å². The Hall–Kier alpha value is -1.27. The number of amides is 2. The summed E-state index contributed by atoms with van der Waals surface area (Å²) in [5.74, 6) is 0. The van der Waals surface area contributed by atoms with E-state index in [0.29, 0.717) is 6.54 Å². The Kier molecular flexibility index (Phi) is 6.08. The van der Waals surface area contributed by atoms with Gasteiger partial charge in [0.1, 0.15) is 0 Å². The van der Waals surface area contributed by atoms with E-state index in [4.69, 9.17) is 0 Å². The van der Waals surface area contributed by atoms with Crippen LogP contribution in [0.5, 0.6) is 0 Å². The van der Waals surface area contributed by atoms with Crippen molar-refractivity contribution in [3.63, 3.8) is 0 Å². The van der Waals surface area contributed by atoms with Crippen LogP contribution in [0.15, 0.2) is 22.7 Å². The first-order valence-corrected chi connectivity index (χ1v) is 8.45. The van der Waals surface area contributed by atoms with Gasteiger partial charge in [-0.05, 0) is 44.8 Å². The SMILES string of the molecule is Cc1cc(N2CCN(C(=O)NCCN(C)C)CC2)ccc1Br. The van der Waals surface area contributed by atoms with Gasteiger partial charge < -0.3 is 20.0 Å². The number of hydrogen-bond acceptors (Lipinski definition) is 3.